The Morgan fingerprint density at radius 1 is 1.15 bits per heavy atom. The fourth-order valence-electron chi connectivity index (χ4n) is 2.10. The van der Waals surface area contributed by atoms with Crippen molar-refractivity contribution in [3.8, 4) is 11.5 Å². The highest BCUT2D eigenvalue weighted by molar-refractivity contribution is 6.06. The third-order valence-electron chi connectivity index (χ3n) is 3.36. The quantitative estimate of drug-likeness (QED) is 0.585. The zero-order valence-corrected chi connectivity index (χ0v) is 14.8. The number of methoxy groups -OCH3 is 2. The number of hydrogen-bond donors (Lipinski definition) is 2. The van der Waals surface area contributed by atoms with Gasteiger partial charge in [-0.1, -0.05) is 0 Å². The van der Waals surface area contributed by atoms with Crippen LogP contribution in [0.5, 0.6) is 11.5 Å². The van der Waals surface area contributed by atoms with Gasteiger partial charge in [0.1, 0.15) is 0 Å². The number of aromatic nitrogens is 1. The maximum Gasteiger partial charge on any atom is 0.272 e. The molecular formula is C18H20N4O4. The first-order valence-corrected chi connectivity index (χ1v) is 7.79. The number of hydrogen-bond acceptors (Lipinski definition) is 6. The summed E-state index contributed by atoms with van der Waals surface area (Å²) in [6.07, 6.45) is 3.04. The number of pyridine rings is 1. The summed E-state index contributed by atoms with van der Waals surface area (Å²) in [5.41, 5.74) is 3.81. The molecule has 0 bridgehead atoms. The van der Waals surface area contributed by atoms with Crippen LogP contribution in [0.15, 0.2) is 47.8 Å². The van der Waals surface area contributed by atoms with Gasteiger partial charge in [0.2, 0.25) is 5.91 Å². The monoisotopic (exact) mass is 356 g/mol. The van der Waals surface area contributed by atoms with Gasteiger partial charge in [0.25, 0.3) is 5.91 Å². The Balaban J connectivity index is 1.91. The first kappa shape index (κ1) is 18.9. The van der Waals surface area contributed by atoms with Gasteiger partial charge in [-0.05, 0) is 31.2 Å². The number of hydrazone groups is 1. The molecule has 0 atom stereocenters. The second kappa shape index (κ2) is 9.16. The Morgan fingerprint density at radius 2 is 1.92 bits per heavy atom. The summed E-state index contributed by atoms with van der Waals surface area (Å²) in [5.74, 6) is 0.424. The summed E-state index contributed by atoms with van der Waals surface area (Å²) in [7, 11) is 3.06. The van der Waals surface area contributed by atoms with Crippen LogP contribution >= 0.6 is 0 Å². The molecule has 0 saturated heterocycles. The molecule has 0 aliphatic rings. The normalized spacial score (nSPS) is 10.8. The Labute approximate surface area is 151 Å². The number of rotatable bonds is 7. The minimum absolute atomic E-state index is 0.0294. The molecule has 1 heterocycles. The van der Waals surface area contributed by atoms with Crippen molar-refractivity contribution in [2.45, 2.75) is 13.3 Å². The molecule has 1 aromatic heterocycles. The highest BCUT2D eigenvalue weighted by atomic mass is 16.5. The van der Waals surface area contributed by atoms with Crippen LogP contribution in [0.3, 0.4) is 0 Å². The van der Waals surface area contributed by atoms with Crippen LogP contribution in [0.1, 0.15) is 23.7 Å². The van der Waals surface area contributed by atoms with E-state index in [4.69, 9.17) is 9.47 Å². The summed E-state index contributed by atoms with van der Waals surface area (Å²) < 4.78 is 10.3. The van der Waals surface area contributed by atoms with E-state index in [0.717, 1.165) is 0 Å². The minimum atomic E-state index is -0.391. The second-order valence-electron chi connectivity index (χ2n) is 5.32. The molecule has 2 amide bonds. The van der Waals surface area contributed by atoms with Crippen LogP contribution in [0.2, 0.25) is 0 Å². The van der Waals surface area contributed by atoms with Crippen molar-refractivity contribution in [3.05, 3.63) is 48.3 Å². The lowest BCUT2D eigenvalue weighted by Gasteiger charge is -2.10. The highest BCUT2D eigenvalue weighted by Crippen LogP contribution is 2.29. The smallest absolute Gasteiger partial charge is 0.272 e. The van der Waals surface area contributed by atoms with Crippen molar-refractivity contribution in [2.24, 2.45) is 5.10 Å². The van der Waals surface area contributed by atoms with Crippen LogP contribution in [-0.4, -0.2) is 36.7 Å². The number of nitrogens with one attached hydrogen (secondary N) is 2. The van der Waals surface area contributed by atoms with Gasteiger partial charge in [-0.3, -0.25) is 14.6 Å². The third-order valence-corrected chi connectivity index (χ3v) is 3.36. The second-order valence-corrected chi connectivity index (χ2v) is 5.32. The number of amides is 2. The number of carbonyl (C=O) groups is 2. The molecule has 26 heavy (non-hydrogen) atoms. The lowest BCUT2D eigenvalue weighted by molar-refractivity contribution is -0.115. The molecule has 0 fully saturated rings. The molecule has 0 spiro atoms. The van der Waals surface area contributed by atoms with E-state index in [-0.39, 0.29) is 12.3 Å². The standard InChI is InChI=1S/C18H20N4O4/c1-12(21-22-18(24)13-5-4-8-19-11-13)9-17(23)20-14-6-7-15(25-2)16(10-14)26-3/h4-8,10-11H,9H2,1-3H3,(H,20,23)(H,22,24). The van der Waals surface area contributed by atoms with E-state index in [0.29, 0.717) is 28.5 Å². The lowest BCUT2D eigenvalue weighted by atomic mass is 10.2. The Bertz CT molecular complexity index is 806. The summed E-state index contributed by atoms with van der Waals surface area (Å²) >= 11 is 0. The van der Waals surface area contributed by atoms with E-state index in [2.05, 4.69) is 20.8 Å². The topological polar surface area (TPSA) is 102 Å². The lowest BCUT2D eigenvalue weighted by Crippen LogP contribution is -2.21. The SMILES string of the molecule is COc1ccc(NC(=O)CC(C)=NNC(=O)c2cccnc2)cc1OC. The average Bonchev–Trinajstić information content (AvgIpc) is 2.66. The first-order valence-electron chi connectivity index (χ1n) is 7.79. The molecule has 8 heteroatoms. The molecule has 0 radical (unpaired) electrons. The third kappa shape index (κ3) is 5.30. The highest BCUT2D eigenvalue weighted by Gasteiger charge is 2.09. The minimum Gasteiger partial charge on any atom is -0.493 e. The summed E-state index contributed by atoms with van der Waals surface area (Å²) in [4.78, 5) is 27.8. The number of ether oxygens (including phenoxy) is 2. The predicted octanol–water partition coefficient (Wildman–Crippen LogP) is 2.23. The maximum absolute atomic E-state index is 12.1. The van der Waals surface area contributed by atoms with E-state index >= 15 is 0 Å². The molecule has 1 aromatic carbocycles. The van der Waals surface area contributed by atoms with Crippen molar-refractivity contribution >= 4 is 23.2 Å². The van der Waals surface area contributed by atoms with E-state index in [1.54, 1.807) is 43.5 Å². The number of nitrogens with zero attached hydrogens (tertiary/aromatic N) is 2. The molecule has 2 N–H and O–H groups in total. The number of benzene rings is 1. The fourth-order valence-corrected chi connectivity index (χ4v) is 2.10. The van der Waals surface area contributed by atoms with Crippen molar-refractivity contribution in [1.29, 1.82) is 0 Å². The number of anilines is 1. The molecule has 0 saturated carbocycles. The van der Waals surface area contributed by atoms with Crippen LogP contribution in [0, 0.1) is 0 Å². The molecule has 136 valence electrons. The molecule has 0 aliphatic heterocycles. The van der Waals surface area contributed by atoms with Crippen molar-refractivity contribution in [2.75, 3.05) is 19.5 Å². The molecule has 2 rings (SSSR count). The Hall–Kier alpha value is -3.42. The zero-order chi connectivity index (χ0) is 18.9. The van der Waals surface area contributed by atoms with Gasteiger partial charge in [-0.2, -0.15) is 5.10 Å². The summed E-state index contributed by atoms with van der Waals surface area (Å²) in [5, 5.41) is 6.67. The molecule has 2 aromatic rings. The van der Waals surface area contributed by atoms with E-state index in [1.807, 2.05) is 0 Å². The van der Waals surface area contributed by atoms with Crippen molar-refractivity contribution < 1.29 is 19.1 Å². The van der Waals surface area contributed by atoms with E-state index < -0.39 is 5.91 Å². The van der Waals surface area contributed by atoms with Crippen LogP contribution < -0.4 is 20.2 Å². The van der Waals surface area contributed by atoms with E-state index in [1.165, 1.54) is 20.4 Å². The summed E-state index contributed by atoms with van der Waals surface area (Å²) in [6, 6.07) is 8.34. The van der Waals surface area contributed by atoms with Gasteiger partial charge >= 0.3 is 0 Å². The van der Waals surface area contributed by atoms with Gasteiger partial charge in [-0.15, -0.1) is 0 Å². The van der Waals surface area contributed by atoms with Crippen LogP contribution in [0.25, 0.3) is 0 Å². The van der Waals surface area contributed by atoms with Crippen molar-refractivity contribution in [3.63, 3.8) is 0 Å². The summed E-state index contributed by atoms with van der Waals surface area (Å²) in [6.45, 7) is 1.65. The Kier molecular flexibility index (Phi) is 6.67. The van der Waals surface area contributed by atoms with Crippen LogP contribution in [-0.2, 0) is 4.79 Å². The molecule has 0 aliphatic carbocycles. The largest absolute Gasteiger partial charge is 0.493 e. The van der Waals surface area contributed by atoms with Crippen molar-refractivity contribution in [1.82, 2.24) is 10.4 Å². The predicted molar refractivity (Wildman–Crippen MR) is 97.6 cm³/mol. The van der Waals surface area contributed by atoms with Crippen LogP contribution in [0.4, 0.5) is 5.69 Å². The maximum atomic E-state index is 12.1. The fraction of sp³-hybridized carbons (Fsp3) is 0.222. The average molecular weight is 356 g/mol. The van der Waals surface area contributed by atoms with Gasteiger partial charge in [0.15, 0.2) is 11.5 Å². The van der Waals surface area contributed by atoms with Gasteiger partial charge < -0.3 is 14.8 Å². The molecule has 0 unspecified atom stereocenters. The van der Waals surface area contributed by atoms with Gasteiger partial charge in [0, 0.05) is 29.9 Å². The van der Waals surface area contributed by atoms with E-state index in [9.17, 15) is 9.59 Å². The van der Waals surface area contributed by atoms with Gasteiger partial charge in [-0.25, -0.2) is 5.43 Å². The number of carbonyl (C=O) groups excluding carboxylic acids is 2. The Morgan fingerprint density at radius 3 is 2.58 bits per heavy atom. The van der Waals surface area contributed by atoms with Gasteiger partial charge in [0.05, 0.1) is 26.2 Å². The molecular weight excluding hydrogens is 336 g/mol. The molecule has 8 nitrogen and oxygen atoms in total. The first-order chi connectivity index (χ1) is 12.5. The zero-order valence-electron chi connectivity index (χ0n) is 14.8.